The van der Waals surface area contributed by atoms with Crippen LogP contribution in [0, 0.1) is 0 Å². The van der Waals surface area contributed by atoms with Crippen molar-refractivity contribution >= 4 is 34.7 Å². The zero-order valence-electron chi connectivity index (χ0n) is 14.4. The van der Waals surface area contributed by atoms with Crippen molar-refractivity contribution in [3.05, 3.63) is 76.2 Å². The highest BCUT2D eigenvalue weighted by Crippen LogP contribution is 2.33. The third kappa shape index (κ3) is 4.00. The van der Waals surface area contributed by atoms with Crippen LogP contribution >= 0.6 is 23.1 Å². The van der Waals surface area contributed by atoms with Gasteiger partial charge in [0.2, 0.25) is 5.91 Å². The summed E-state index contributed by atoms with van der Waals surface area (Å²) in [4.78, 5) is 20.7. The van der Waals surface area contributed by atoms with E-state index in [-0.39, 0.29) is 5.91 Å². The molecule has 1 aliphatic rings. The maximum Gasteiger partial charge on any atom is 0.233 e. The van der Waals surface area contributed by atoms with E-state index in [1.807, 2.05) is 58.4 Å². The van der Waals surface area contributed by atoms with Crippen LogP contribution in [0.15, 0.2) is 64.9 Å². The summed E-state index contributed by atoms with van der Waals surface area (Å²) in [5, 5.41) is 3.08. The average molecular weight is 381 g/mol. The molecule has 3 nitrogen and oxygen atoms in total. The van der Waals surface area contributed by atoms with Crippen molar-refractivity contribution in [3.8, 4) is 0 Å². The number of hydrogen-bond donors (Lipinski definition) is 0. The number of nitrogens with zero attached hydrogens (tertiary/aromatic N) is 2. The SMILES string of the molecule is O=C(Cc1csc(Cc2ccccc2)n1)N1CCCSc2ccccc21. The lowest BCUT2D eigenvalue weighted by Gasteiger charge is -2.22. The van der Waals surface area contributed by atoms with Crippen molar-refractivity contribution in [2.24, 2.45) is 0 Å². The molecule has 1 amide bonds. The third-order valence-corrected chi connectivity index (χ3v) is 6.42. The number of amides is 1. The van der Waals surface area contributed by atoms with Crippen LogP contribution in [0.3, 0.4) is 0 Å². The molecule has 2 heterocycles. The van der Waals surface area contributed by atoms with Gasteiger partial charge < -0.3 is 4.90 Å². The summed E-state index contributed by atoms with van der Waals surface area (Å²) in [5.74, 6) is 1.19. The molecule has 0 atom stereocenters. The topological polar surface area (TPSA) is 33.2 Å². The standard InChI is InChI=1S/C21H20N2OS2/c24-21(23-11-6-12-25-19-10-5-4-9-18(19)23)14-17-15-26-20(22-17)13-16-7-2-1-3-8-16/h1-5,7-10,15H,6,11-14H2. The van der Waals surface area contributed by atoms with Gasteiger partial charge in [0.05, 0.1) is 22.8 Å². The minimum absolute atomic E-state index is 0.136. The molecule has 0 fully saturated rings. The van der Waals surface area contributed by atoms with Gasteiger partial charge in [-0.1, -0.05) is 42.5 Å². The van der Waals surface area contributed by atoms with Crippen LogP contribution in [0.5, 0.6) is 0 Å². The van der Waals surface area contributed by atoms with Crippen LogP contribution in [0.1, 0.15) is 22.7 Å². The van der Waals surface area contributed by atoms with Crippen LogP contribution in [0.25, 0.3) is 0 Å². The predicted molar refractivity (Wildman–Crippen MR) is 109 cm³/mol. The summed E-state index contributed by atoms with van der Waals surface area (Å²) in [5.41, 5.74) is 3.17. The number of benzene rings is 2. The summed E-state index contributed by atoms with van der Waals surface area (Å²) >= 11 is 3.47. The second-order valence-corrected chi connectivity index (χ2v) is 8.37. The Kier molecular flexibility index (Phi) is 5.37. The molecule has 26 heavy (non-hydrogen) atoms. The van der Waals surface area contributed by atoms with Gasteiger partial charge in [0.25, 0.3) is 0 Å². The first-order valence-corrected chi connectivity index (χ1v) is 10.7. The van der Waals surface area contributed by atoms with Crippen molar-refractivity contribution < 1.29 is 4.79 Å². The number of thiazole rings is 1. The molecule has 0 saturated heterocycles. The maximum atomic E-state index is 12.9. The van der Waals surface area contributed by atoms with Crippen LogP contribution < -0.4 is 4.90 Å². The van der Waals surface area contributed by atoms with Crippen LogP contribution in [0.2, 0.25) is 0 Å². The van der Waals surface area contributed by atoms with Crippen molar-refractivity contribution in [1.29, 1.82) is 0 Å². The van der Waals surface area contributed by atoms with Gasteiger partial charge in [-0.25, -0.2) is 4.98 Å². The van der Waals surface area contributed by atoms with E-state index in [0.29, 0.717) is 6.42 Å². The van der Waals surface area contributed by atoms with E-state index in [1.54, 1.807) is 11.3 Å². The van der Waals surface area contributed by atoms with E-state index >= 15 is 0 Å². The van der Waals surface area contributed by atoms with Gasteiger partial charge in [-0.2, -0.15) is 0 Å². The molecule has 1 aromatic heterocycles. The first-order chi connectivity index (χ1) is 12.8. The largest absolute Gasteiger partial charge is 0.311 e. The molecular weight excluding hydrogens is 360 g/mol. The van der Waals surface area contributed by atoms with E-state index in [9.17, 15) is 4.79 Å². The molecule has 0 saturated carbocycles. The van der Waals surface area contributed by atoms with Gasteiger partial charge in [0, 0.05) is 23.2 Å². The van der Waals surface area contributed by atoms with E-state index < -0.39 is 0 Å². The van der Waals surface area contributed by atoms with Crippen molar-refractivity contribution in [1.82, 2.24) is 4.98 Å². The van der Waals surface area contributed by atoms with E-state index in [4.69, 9.17) is 0 Å². The average Bonchev–Trinajstić information content (AvgIpc) is 2.98. The number of anilines is 1. The number of aromatic nitrogens is 1. The Balaban J connectivity index is 1.47. The fourth-order valence-corrected chi connectivity index (χ4v) is 4.94. The Morgan fingerprint density at radius 3 is 2.77 bits per heavy atom. The number of carbonyl (C=O) groups excluding carboxylic acids is 1. The van der Waals surface area contributed by atoms with E-state index in [2.05, 4.69) is 23.2 Å². The highest BCUT2D eigenvalue weighted by Gasteiger charge is 2.22. The summed E-state index contributed by atoms with van der Waals surface area (Å²) in [7, 11) is 0. The molecule has 0 N–H and O–H groups in total. The molecule has 1 aliphatic heterocycles. The second kappa shape index (κ2) is 8.06. The molecule has 0 radical (unpaired) electrons. The molecule has 0 bridgehead atoms. The van der Waals surface area contributed by atoms with Gasteiger partial charge in [0.15, 0.2) is 0 Å². The fraction of sp³-hybridized carbons (Fsp3) is 0.238. The lowest BCUT2D eigenvalue weighted by atomic mass is 10.2. The lowest BCUT2D eigenvalue weighted by Crippen LogP contribution is -2.33. The van der Waals surface area contributed by atoms with Gasteiger partial charge in [0.1, 0.15) is 0 Å². The molecule has 4 rings (SSSR count). The Hall–Kier alpha value is -2.11. The van der Waals surface area contributed by atoms with E-state index in [1.165, 1.54) is 10.5 Å². The molecule has 0 unspecified atom stereocenters. The zero-order chi connectivity index (χ0) is 17.8. The molecule has 132 valence electrons. The molecule has 5 heteroatoms. The summed E-state index contributed by atoms with van der Waals surface area (Å²) in [6.07, 6.45) is 2.20. The van der Waals surface area contributed by atoms with Crippen molar-refractivity contribution in [2.75, 3.05) is 17.2 Å². The van der Waals surface area contributed by atoms with Crippen LogP contribution in [-0.2, 0) is 17.6 Å². The molecule has 0 spiro atoms. The third-order valence-electron chi connectivity index (χ3n) is 4.37. The maximum absolute atomic E-state index is 12.9. The summed E-state index contributed by atoms with van der Waals surface area (Å²) in [6.45, 7) is 0.782. The highest BCUT2D eigenvalue weighted by atomic mass is 32.2. The van der Waals surface area contributed by atoms with Crippen molar-refractivity contribution in [2.45, 2.75) is 24.2 Å². The second-order valence-electron chi connectivity index (χ2n) is 6.29. The molecule has 3 aromatic rings. The number of hydrogen-bond acceptors (Lipinski definition) is 4. The first kappa shape index (κ1) is 17.3. The number of rotatable bonds is 4. The van der Waals surface area contributed by atoms with Gasteiger partial charge in [-0.15, -0.1) is 23.1 Å². The highest BCUT2D eigenvalue weighted by molar-refractivity contribution is 7.99. The number of fused-ring (bicyclic) bond motifs is 1. The quantitative estimate of drug-likeness (QED) is 0.651. The Labute approximate surface area is 162 Å². The van der Waals surface area contributed by atoms with Gasteiger partial charge in [-0.05, 0) is 29.9 Å². The minimum Gasteiger partial charge on any atom is -0.311 e. The monoisotopic (exact) mass is 380 g/mol. The first-order valence-electron chi connectivity index (χ1n) is 8.79. The predicted octanol–water partition coefficient (Wildman–Crippen LogP) is 4.81. The van der Waals surface area contributed by atoms with Crippen LogP contribution in [-0.4, -0.2) is 23.2 Å². The lowest BCUT2D eigenvalue weighted by molar-refractivity contribution is -0.118. The number of thioether (sulfide) groups is 1. The minimum atomic E-state index is 0.136. The summed E-state index contributed by atoms with van der Waals surface area (Å²) < 4.78 is 0. The Morgan fingerprint density at radius 2 is 1.88 bits per heavy atom. The number of para-hydroxylation sites is 1. The van der Waals surface area contributed by atoms with Crippen molar-refractivity contribution in [3.63, 3.8) is 0 Å². The van der Waals surface area contributed by atoms with Gasteiger partial charge in [-0.3, -0.25) is 4.79 Å². The Morgan fingerprint density at radius 1 is 1.08 bits per heavy atom. The van der Waals surface area contributed by atoms with Crippen LogP contribution in [0.4, 0.5) is 5.69 Å². The van der Waals surface area contributed by atoms with E-state index in [0.717, 1.165) is 41.5 Å². The summed E-state index contributed by atoms with van der Waals surface area (Å²) in [6, 6.07) is 18.5. The van der Waals surface area contributed by atoms with Gasteiger partial charge >= 0.3 is 0 Å². The Bertz CT molecular complexity index is 892. The molecular formula is C21H20N2OS2. The normalized spacial score (nSPS) is 13.9. The molecule has 2 aromatic carbocycles. The fourth-order valence-electron chi connectivity index (χ4n) is 3.12. The zero-order valence-corrected chi connectivity index (χ0v) is 16.1. The smallest absolute Gasteiger partial charge is 0.233 e. The number of carbonyl (C=O) groups is 1. The molecule has 0 aliphatic carbocycles.